The van der Waals surface area contributed by atoms with E-state index in [2.05, 4.69) is 10.1 Å². The van der Waals surface area contributed by atoms with Crippen LogP contribution in [0, 0.1) is 0 Å². The van der Waals surface area contributed by atoms with E-state index < -0.39 is 0 Å². The maximum absolute atomic E-state index is 5.54. The number of nitrogens with two attached hydrogens (primary N) is 1. The number of benzene rings is 1. The monoisotopic (exact) mass is 257 g/mol. The summed E-state index contributed by atoms with van der Waals surface area (Å²) in [5, 5.41) is 6.88. The van der Waals surface area contributed by atoms with Gasteiger partial charge in [-0.3, -0.25) is 0 Å². The molecule has 0 aliphatic carbocycles. The highest BCUT2D eigenvalue weighted by molar-refractivity contribution is 7.09. The van der Waals surface area contributed by atoms with Crippen molar-refractivity contribution in [2.75, 3.05) is 0 Å². The molecular formula is C13H11N3OS. The normalized spacial score (nSPS) is 10.7. The average molecular weight is 257 g/mol. The summed E-state index contributed by atoms with van der Waals surface area (Å²) in [6, 6.07) is 11.8. The van der Waals surface area contributed by atoms with Crippen LogP contribution in [-0.2, 0) is 6.54 Å². The Morgan fingerprint density at radius 3 is 2.72 bits per heavy atom. The second kappa shape index (κ2) is 4.72. The van der Waals surface area contributed by atoms with E-state index in [1.165, 1.54) is 11.3 Å². The number of thiazole rings is 1. The van der Waals surface area contributed by atoms with Crippen molar-refractivity contribution < 1.29 is 4.52 Å². The molecule has 0 spiro atoms. The number of hydrogen-bond donors (Lipinski definition) is 1. The van der Waals surface area contributed by atoms with Crippen molar-refractivity contribution in [2.45, 2.75) is 6.54 Å². The van der Waals surface area contributed by atoms with Crippen molar-refractivity contribution in [1.29, 1.82) is 0 Å². The van der Waals surface area contributed by atoms with E-state index >= 15 is 0 Å². The lowest BCUT2D eigenvalue weighted by Gasteiger charge is -1.91. The van der Waals surface area contributed by atoms with Gasteiger partial charge in [-0.05, 0) is 0 Å². The van der Waals surface area contributed by atoms with Gasteiger partial charge in [-0.15, -0.1) is 11.3 Å². The summed E-state index contributed by atoms with van der Waals surface area (Å²) in [6.07, 6.45) is 0. The third-order valence-electron chi connectivity index (χ3n) is 2.56. The molecule has 0 saturated carbocycles. The van der Waals surface area contributed by atoms with Gasteiger partial charge in [0.1, 0.15) is 16.4 Å². The quantitative estimate of drug-likeness (QED) is 0.783. The van der Waals surface area contributed by atoms with Crippen molar-refractivity contribution in [1.82, 2.24) is 10.1 Å². The lowest BCUT2D eigenvalue weighted by atomic mass is 10.1. The summed E-state index contributed by atoms with van der Waals surface area (Å²) in [4.78, 5) is 4.37. The van der Waals surface area contributed by atoms with Gasteiger partial charge in [0, 0.05) is 23.6 Å². The molecule has 2 N–H and O–H groups in total. The Hall–Kier alpha value is -1.98. The molecule has 0 aliphatic heterocycles. The Bertz CT molecular complexity index is 645. The minimum atomic E-state index is 0.449. The molecule has 0 bridgehead atoms. The zero-order chi connectivity index (χ0) is 12.4. The number of aromatic nitrogens is 2. The van der Waals surface area contributed by atoms with Crippen LogP contribution in [0.3, 0.4) is 0 Å². The van der Waals surface area contributed by atoms with Crippen molar-refractivity contribution in [3.63, 3.8) is 0 Å². The van der Waals surface area contributed by atoms with Gasteiger partial charge in [0.15, 0.2) is 5.76 Å². The molecule has 0 radical (unpaired) electrons. The third kappa shape index (κ3) is 2.05. The molecule has 0 saturated heterocycles. The first-order chi connectivity index (χ1) is 8.86. The largest absolute Gasteiger partial charge is 0.354 e. The van der Waals surface area contributed by atoms with Crippen LogP contribution in [0.2, 0.25) is 0 Å². The number of hydrogen-bond acceptors (Lipinski definition) is 5. The van der Waals surface area contributed by atoms with Crippen LogP contribution in [0.25, 0.3) is 22.7 Å². The Kier molecular flexibility index (Phi) is 2.92. The highest BCUT2D eigenvalue weighted by Crippen LogP contribution is 2.26. The van der Waals surface area contributed by atoms with Crippen LogP contribution in [0.1, 0.15) is 5.01 Å². The molecule has 2 aromatic heterocycles. The van der Waals surface area contributed by atoms with Crippen molar-refractivity contribution >= 4 is 11.3 Å². The van der Waals surface area contributed by atoms with E-state index in [1.807, 2.05) is 41.8 Å². The summed E-state index contributed by atoms with van der Waals surface area (Å²) in [6.45, 7) is 0.449. The summed E-state index contributed by atoms with van der Waals surface area (Å²) >= 11 is 1.53. The second-order valence-corrected chi connectivity index (χ2v) is 4.72. The SMILES string of the molecule is NCc1nc(-c2cc(-c3ccccc3)no2)cs1. The Morgan fingerprint density at radius 2 is 2.00 bits per heavy atom. The van der Waals surface area contributed by atoms with E-state index in [4.69, 9.17) is 10.3 Å². The zero-order valence-electron chi connectivity index (χ0n) is 9.54. The first kappa shape index (κ1) is 11.1. The van der Waals surface area contributed by atoms with E-state index in [1.54, 1.807) is 0 Å². The minimum absolute atomic E-state index is 0.449. The average Bonchev–Trinajstić information content (AvgIpc) is 3.08. The molecule has 0 unspecified atom stereocenters. The van der Waals surface area contributed by atoms with E-state index in [9.17, 15) is 0 Å². The van der Waals surface area contributed by atoms with Crippen LogP contribution in [0.4, 0.5) is 0 Å². The molecule has 5 heteroatoms. The van der Waals surface area contributed by atoms with Crippen LogP contribution in [-0.4, -0.2) is 10.1 Å². The zero-order valence-corrected chi connectivity index (χ0v) is 10.4. The van der Waals surface area contributed by atoms with Crippen LogP contribution < -0.4 is 5.73 Å². The lowest BCUT2D eigenvalue weighted by Crippen LogP contribution is -1.94. The highest BCUT2D eigenvalue weighted by Gasteiger charge is 2.11. The van der Waals surface area contributed by atoms with Crippen molar-refractivity contribution in [2.24, 2.45) is 5.73 Å². The molecule has 0 amide bonds. The summed E-state index contributed by atoms with van der Waals surface area (Å²) in [7, 11) is 0. The van der Waals surface area contributed by atoms with Gasteiger partial charge in [-0.25, -0.2) is 4.98 Å². The molecular weight excluding hydrogens is 246 g/mol. The third-order valence-corrected chi connectivity index (χ3v) is 3.43. The van der Waals surface area contributed by atoms with E-state index in [0.717, 1.165) is 22.0 Å². The fourth-order valence-corrected chi connectivity index (χ4v) is 2.32. The smallest absolute Gasteiger partial charge is 0.186 e. The highest BCUT2D eigenvalue weighted by atomic mass is 32.1. The van der Waals surface area contributed by atoms with Crippen molar-refractivity contribution in [3.8, 4) is 22.7 Å². The molecule has 90 valence electrons. The first-order valence-electron chi connectivity index (χ1n) is 5.54. The van der Waals surface area contributed by atoms with E-state index in [0.29, 0.717) is 12.3 Å². The fourth-order valence-electron chi connectivity index (χ4n) is 1.66. The van der Waals surface area contributed by atoms with E-state index in [-0.39, 0.29) is 0 Å². The van der Waals surface area contributed by atoms with Crippen LogP contribution in [0.5, 0.6) is 0 Å². The first-order valence-corrected chi connectivity index (χ1v) is 6.42. The summed E-state index contributed by atoms with van der Waals surface area (Å²) in [5.41, 5.74) is 8.17. The molecule has 0 aliphatic rings. The maximum Gasteiger partial charge on any atom is 0.186 e. The summed E-state index contributed by atoms with van der Waals surface area (Å²) in [5.74, 6) is 0.671. The van der Waals surface area contributed by atoms with Gasteiger partial charge >= 0.3 is 0 Å². The Balaban J connectivity index is 1.94. The minimum Gasteiger partial charge on any atom is -0.354 e. The predicted octanol–water partition coefficient (Wildman–Crippen LogP) is 2.92. The van der Waals surface area contributed by atoms with Crippen molar-refractivity contribution in [3.05, 3.63) is 46.8 Å². The van der Waals surface area contributed by atoms with Gasteiger partial charge < -0.3 is 10.3 Å². The van der Waals surface area contributed by atoms with Crippen LogP contribution in [0.15, 0.2) is 46.3 Å². The molecule has 2 heterocycles. The lowest BCUT2D eigenvalue weighted by molar-refractivity contribution is 0.434. The van der Waals surface area contributed by atoms with Gasteiger partial charge in [-0.1, -0.05) is 35.5 Å². The van der Waals surface area contributed by atoms with Gasteiger partial charge in [0.25, 0.3) is 0 Å². The number of rotatable bonds is 3. The maximum atomic E-state index is 5.54. The van der Waals surface area contributed by atoms with Gasteiger partial charge in [0.05, 0.1) is 0 Å². The molecule has 4 nitrogen and oxygen atoms in total. The molecule has 0 atom stereocenters. The molecule has 1 aromatic carbocycles. The summed E-state index contributed by atoms with van der Waals surface area (Å²) < 4.78 is 5.32. The predicted molar refractivity (Wildman–Crippen MR) is 70.9 cm³/mol. The Labute approximate surface area is 108 Å². The topological polar surface area (TPSA) is 64.9 Å². The fraction of sp³-hybridized carbons (Fsp3) is 0.0769. The molecule has 0 fully saturated rings. The second-order valence-electron chi connectivity index (χ2n) is 3.77. The Morgan fingerprint density at radius 1 is 1.17 bits per heavy atom. The van der Waals surface area contributed by atoms with Crippen LogP contribution >= 0.6 is 11.3 Å². The standard InChI is InChI=1S/C13H11N3OS/c14-7-13-15-11(8-18-13)12-6-10(16-17-12)9-4-2-1-3-5-9/h1-6,8H,7,14H2. The molecule has 3 rings (SSSR count). The van der Waals surface area contributed by atoms with Gasteiger partial charge in [0.2, 0.25) is 0 Å². The number of nitrogens with zero attached hydrogens (tertiary/aromatic N) is 2. The molecule has 3 aromatic rings. The van der Waals surface area contributed by atoms with Gasteiger partial charge in [-0.2, -0.15) is 0 Å². The molecule has 18 heavy (non-hydrogen) atoms.